The van der Waals surface area contributed by atoms with Gasteiger partial charge in [-0.1, -0.05) is 35.3 Å². The molecule has 144 valence electrons. The number of hydrogen-bond donors (Lipinski definition) is 3. The van der Waals surface area contributed by atoms with Gasteiger partial charge in [-0.2, -0.15) is 0 Å². The molecule has 1 aliphatic rings. The predicted octanol–water partition coefficient (Wildman–Crippen LogP) is 3.11. The minimum atomic E-state index is -0.186. The fourth-order valence-electron chi connectivity index (χ4n) is 3.00. The van der Waals surface area contributed by atoms with Crippen molar-refractivity contribution in [3.8, 4) is 5.88 Å². The minimum Gasteiger partial charge on any atom is -0.478 e. The van der Waals surface area contributed by atoms with Gasteiger partial charge in [-0.25, -0.2) is 9.97 Å². The Morgan fingerprint density at radius 1 is 1.26 bits per heavy atom. The van der Waals surface area contributed by atoms with E-state index in [1.807, 2.05) is 6.92 Å². The maximum Gasteiger partial charge on any atom is 0.258 e. The first-order valence-corrected chi connectivity index (χ1v) is 9.28. The summed E-state index contributed by atoms with van der Waals surface area (Å²) in [5.74, 6) is 0.995. The highest BCUT2D eigenvalue weighted by molar-refractivity contribution is 6.44. The van der Waals surface area contributed by atoms with Crippen molar-refractivity contribution in [2.45, 2.75) is 25.3 Å². The van der Waals surface area contributed by atoms with Crippen molar-refractivity contribution >= 4 is 40.5 Å². The van der Waals surface area contributed by atoms with Crippen LogP contribution in [0.3, 0.4) is 0 Å². The van der Waals surface area contributed by atoms with Gasteiger partial charge in [0.15, 0.2) is 11.6 Å². The number of halogens is 2. The van der Waals surface area contributed by atoms with Crippen LogP contribution >= 0.6 is 23.2 Å². The lowest BCUT2D eigenvalue weighted by atomic mass is 9.91. The number of nitrogens with one attached hydrogen (secondary N) is 1. The van der Waals surface area contributed by atoms with Gasteiger partial charge in [-0.15, -0.1) is 0 Å². The Morgan fingerprint density at radius 3 is 2.56 bits per heavy atom. The Kier molecular flexibility index (Phi) is 5.46. The third kappa shape index (κ3) is 3.95. The van der Waals surface area contributed by atoms with Crippen molar-refractivity contribution in [2.75, 3.05) is 30.8 Å². The molecule has 0 unspecified atom stereocenters. The van der Waals surface area contributed by atoms with Crippen LogP contribution in [-0.4, -0.2) is 41.4 Å². The van der Waals surface area contributed by atoms with E-state index in [-0.39, 0.29) is 27.8 Å². The van der Waals surface area contributed by atoms with Crippen molar-refractivity contribution in [1.82, 2.24) is 9.97 Å². The Hall–Kier alpha value is -2.09. The lowest BCUT2D eigenvalue weighted by Crippen LogP contribution is -2.48. The molecule has 0 atom stereocenters. The Morgan fingerprint density at radius 2 is 1.93 bits per heavy atom. The maximum atomic E-state index is 8.48. The lowest BCUT2D eigenvalue weighted by Gasteiger charge is -2.37. The number of nitrogens with two attached hydrogens (primary N) is 2. The molecule has 7 nitrogen and oxygen atoms in total. The highest BCUT2D eigenvalue weighted by Crippen LogP contribution is 2.33. The topological polar surface area (TPSA) is 114 Å². The standard InChI is InChI=1S/C18H22Cl2N6O/c1-18(23)6-8-26(9-7-18)16-17(27-2)24-14(15(22)25-16)13(21)10-4-3-5-11(19)12(10)20/h3-5,21H,6-9,23H2,1-2H3,(H2,22,25). The number of rotatable bonds is 4. The van der Waals surface area contributed by atoms with Gasteiger partial charge >= 0.3 is 0 Å². The summed E-state index contributed by atoms with van der Waals surface area (Å²) in [6.45, 7) is 3.50. The van der Waals surface area contributed by atoms with Crippen LogP contribution < -0.4 is 21.1 Å². The number of ether oxygens (including phenoxy) is 1. The number of anilines is 2. The molecule has 1 fully saturated rings. The number of benzene rings is 1. The first kappa shape index (κ1) is 19.7. The summed E-state index contributed by atoms with van der Waals surface area (Å²) in [6.07, 6.45) is 1.65. The fourth-order valence-corrected chi connectivity index (χ4v) is 3.40. The van der Waals surface area contributed by atoms with Crippen molar-refractivity contribution < 1.29 is 4.74 Å². The lowest BCUT2D eigenvalue weighted by molar-refractivity contribution is 0.355. The van der Waals surface area contributed by atoms with Crippen LogP contribution in [0.4, 0.5) is 11.6 Å². The summed E-state index contributed by atoms with van der Waals surface area (Å²) in [4.78, 5) is 11.0. The monoisotopic (exact) mass is 408 g/mol. The summed E-state index contributed by atoms with van der Waals surface area (Å²) in [7, 11) is 1.51. The molecule has 1 aromatic heterocycles. The molecule has 3 rings (SSSR count). The van der Waals surface area contributed by atoms with Crippen molar-refractivity contribution in [1.29, 1.82) is 5.41 Å². The summed E-state index contributed by atoms with van der Waals surface area (Å²) in [5.41, 5.74) is 12.8. The highest BCUT2D eigenvalue weighted by atomic mass is 35.5. The van der Waals surface area contributed by atoms with Crippen LogP contribution in [0.15, 0.2) is 18.2 Å². The maximum absolute atomic E-state index is 8.48. The van der Waals surface area contributed by atoms with E-state index in [0.29, 0.717) is 22.3 Å². The number of methoxy groups -OCH3 is 1. The van der Waals surface area contributed by atoms with Gasteiger partial charge in [0.2, 0.25) is 0 Å². The second-order valence-electron chi connectivity index (χ2n) is 6.91. The van der Waals surface area contributed by atoms with E-state index in [9.17, 15) is 0 Å². The molecule has 0 bridgehead atoms. The summed E-state index contributed by atoms with van der Waals surface area (Å²) < 4.78 is 5.43. The third-order valence-corrected chi connectivity index (χ3v) is 5.55. The molecular formula is C18H22Cl2N6O. The second kappa shape index (κ2) is 7.50. The zero-order valence-electron chi connectivity index (χ0n) is 15.2. The van der Waals surface area contributed by atoms with Crippen LogP contribution in [0, 0.1) is 5.41 Å². The number of piperidine rings is 1. The van der Waals surface area contributed by atoms with Crippen LogP contribution in [0.1, 0.15) is 31.0 Å². The minimum absolute atomic E-state index is 0.0329. The van der Waals surface area contributed by atoms with Gasteiger partial charge < -0.3 is 21.1 Å². The zero-order chi connectivity index (χ0) is 19.8. The van der Waals surface area contributed by atoms with E-state index >= 15 is 0 Å². The molecule has 0 spiro atoms. The quantitative estimate of drug-likeness (QED) is 0.669. The molecule has 1 saturated heterocycles. The number of aromatic nitrogens is 2. The van der Waals surface area contributed by atoms with E-state index in [1.165, 1.54) is 7.11 Å². The molecule has 0 aliphatic carbocycles. The van der Waals surface area contributed by atoms with Crippen molar-refractivity contribution in [3.05, 3.63) is 39.5 Å². The number of nitrogens with zero attached hydrogens (tertiary/aromatic N) is 3. The Bertz CT molecular complexity index is 876. The molecule has 1 aliphatic heterocycles. The van der Waals surface area contributed by atoms with Crippen LogP contribution in [0.2, 0.25) is 10.0 Å². The zero-order valence-corrected chi connectivity index (χ0v) is 16.7. The molecular weight excluding hydrogens is 387 g/mol. The van der Waals surface area contributed by atoms with E-state index in [4.69, 9.17) is 44.8 Å². The Labute approximate surface area is 168 Å². The van der Waals surface area contributed by atoms with Gasteiger partial charge in [0.25, 0.3) is 5.88 Å². The van der Waals surface area contributed by atoms with Crippen LogP contribution in [-0.2, 0) is 0 Å². The molecule has 5 N–H and O–H groups in total. The first-order chi connectivity index (χ1) is 12.7. The molecule has 9 heteroatoms. The van der Waals surface area contributed by atoms with Gasteiger partial charge in [-0.3, -0.25) is 5.41 Å². The predicted molar refractivity (Wildman–Crippen MR) is 109 cm³/mol. The van der Waals surface area contributed by atoms with E-state index in [0.717, 1.165) is 25.9 Å². The molecule has 27 heavy (non-hydrogen) atoms. The van der Waals surface area contributed by atoms with E-state index < -0.39 is 0 Å². The van der Waals surface area contributed by atoms with Crippen LogP contribution in [0.5, 0.6) is 5.88 Å². The highest BCUT2D eigenvalue weighted by Gasteiger charge is 2.29. The van der Waals surface area contributed by atoms with Gasteiger partial charge in [0.1, 0.15) is 5.69 Å². The van der Waals surface area contributed by atoms with Crippen molar-refractivity contribution in [2.24, 2.45) is 5.73 Å². The normalized spacial score (nSPS) is 16.3. The average molecular weight is 409 g/mol. The summed E-state index contributed by atoms with van der Waals surface area (Å²) in [5, 5.41) is 9.10. The van der Waals surface area contributed by atoms with Gasteiger partial charge in [-0.05, 0) is 25.8 Å². The van der Waals surface area contributed by atoms with E-state index in [2.05, 4.69) is 14.9 Å². The van der Waals surface area contributed by atoms with Gasteiger partial charge in [0.05, 0.1) is 22.9 Å². The number of hydrogen-bond acceptors (Lipinski definition) is 7. The van der Waals surface area contributed by atoms with Gasteiger partial charge in [0, 0.05) is 24.2 Å². The molecule has 0 amide bonds. The first-order valence-electron chi connectivity index (χ1n) is 8.52. The van der Waals surface area contributed by atoms with E-state index in [1.54, 1.807) is 18.2 Å². The van der Waals surface area contributed by atoms with Crippen LogP contribution in [0.25, 0.3) is 0 Å². The number of nitrogen functional groups attached to an aromatic ring is 1. The molecule has 0 radical (unpaired) electrons. The summed E-state index contributed by atoms with van der Waals surface area (Å²) >= 11 is 12.3. The largest absolute Gasteiger partial charge is 0.478 e. The Balaban J connectivity index is 1.97. The van der Waals surface area contributed by atoms with Crippen molar-refractivity contribution in [3.63, 3.8) is 0 Å². The SMILES string of the molecule is COc1nc(C(=N)c2cccc(Cl)c2Cl)c(N)nc1N1CCC(C)(N)CC1. The molecule has 2 heterocycles. The molecule has 1 aromatic carbocycles. The fraction of sp³-hybridized carbons (Fsp3) is 0.389. The smallest absolute Gasteiger partial charge is 0.258 e. The molecule has 0 saturated carbocycles. The molecule has 2 aromatic rings. The second-order valence-corrected chi connectivity index (χ2v) is 7.69. The average Bonchev–Trinajstić information content (AvgIpc) is 2.63. The third-order valence-electron chi connectivity index (χ3n) is 4.73. The summed E-state index contributed by atoms with van der Waals surface area (Å²) in [6, 6.07) is 5.05.